The zero-order valence-electron chi connectivity index (χ0n) is 8.10. The van der Waals surface area contributed by atoms with Crippen LogP contribution in [0, 0.1) is 0 Å². The average Bonchev–Trinajstić information content (AvgIpc) is 2.53. The van der Waals surface area contributed by atoms with Crippen molar-refractivity contribution in [2.24, 2.45) is 0 Å². The summed E-state index contributed by atoms with van der Waals surface area (Å²) in [5, 5.41) is 7.83. The van der Waals surface area contributed by atoms with Gasteiger partial charge in [0.25, 0.3) is 0 Å². The molecule has 1 saturated heterocycles. The largest absolute Gasteiger partial charge is 0.315 e. The monoisotopic (exact) mass is 188 g/mol. The van der Waals surface area contributed by atoms with Crippen LogP contribution >= 0.6 is 11.8 Å². The molecule has 1 heterocycles. The summed E-state index contributed by atoms with van der Waals surface area (Å²) >= 11 is 1.99. The number of thioether (sulfide) groups is 1. The lowest BCUT2D eigenvalue weighted by Gasteiger charge is -2.10. The third-order valence-electron chi connectivity index (χ3n) is 2.33. The first-order valence-corrected chi connectivity index (χ1v) is 6.12. The molecule has 1 rings (SSSR count). The standard InChI is InChI=1S/C9H20N2S/c1-3-4-10-6-8-5-9(12-2)7-11-8/h8-11H,3-7H2,1-2H3. The van der Waals surface area contributed by atoms with E-state index >= 15 is 0 Å². The van der Waals surface area contributed by atoms with Gasteiger partial charge < -0.3 is 10.6 Å². The predicted molar refractivity (Wildman–Crippen MR) is 56.9 cm³/mol. The molecule has 0 radical (unpaired) electrons. The molecule has 3 heteroatoms. The lowest BCUT2D eigenvalue weighted by atomic mass is 10.2. The first-order valence-electron chi connectivity index (χ1n) is 4.83. The van der Waals surface area contributed by atoms with E-state index < -0.39 is 0 Å². The van der Waals surface area contributed by atoms with Gasteiger partial charge in [0.1, 0.15) is 0 Å². The number of hydrogen-bond donors (Lipinski definition) is 2. The van der Waals surface area contributed by atoms with Crippen molar-refractivity contribution in [2.75, 3.05) is 25.9 Å². The van der Waals surface area contributed by atoms with E-state index in [2.05, 4.69) is 23.8 Å². The molecule has 0 aromatic carbocycles. The minimum absolute atomic E-state index is 0.717. The second-order valence-corrected chi connectivity index (χ2v) is 4.54. The average molecular weight is 188 g/mol. The van der Waals surface area contributed by atoms with E-state index in [4.69, 9.17) is 0 Å². The fourth-order valence-corrected chi connectivity index (χ4v) is 2.26. The van der Waals surface area contributed by atoms with Crippen LogP contribution in [0.5, 0.6) is 0 Å². The molecule has 2 nitrogen and oxygen atoms in total. The highest BCUT2D eigenvalue weighted by molar-refractivity contribution is 7.99. The van der Waals surface area contributed by atoms with E-state index in [9.17, 15) is 0 Å². The second-order valence-electron chi connectivity index (χ2n) is 3.40. The molecule has 0 aromatic rings. The van der Waals surface area contributed by atoms with E-state index in [1.165, 1.54) is 19.4 Å². The van der Waals surface area contributed by atoms with Gasteiger partial charge in [-0.25, -0.2) is 0 Å². The Morgan fingerprint density at radius 2 is 2.42 bits per heavy atom. The predicted octanol–water partition coefficient (Wildman–Crippen LogP) is 1.08. The van der Waals surface area contributed by atoms with Crippen LogP contribution in [-0.2, 0) is 0 Å². The summed E-state index contributed by atoms with van der Waals surface area (Å²) in [6, 6.07) is 0.717. The first kappa shape index (κ1) is 10.4. The quantitative estimate of drug-likeness (QED) is 0.631. The van der Waals surface area contributed by atoms with Crippen molar-refractivity contribution < 1.29 is 0 Å². The lowest BCUT2D eigenvalue weighted by molar-refractivity contribution is 0.535. The summed E-state index contributed by atoms with van der Waals surface area (Å²) in [4.78, 5) is 0. The molecule has 2 N–H and O–H groups in total. The maximum atomic E-state index is 3.53. The van der Waals surface area contributed by atoms with E-state index in [1.807, 2.05) is 11.8 Å². The Bertz CT molecular complexity index is 119. The van der Waals surface area contributed by atoms with Gasteiger partial charge >= 0.3 is 0 Å². The lowest BCUT2D eigenvalue weighted by Crippen LogP contribution is -2.34. The molecule has 0 saturated carbocycles. The molecule has 2 unspecified atom stereocenters. The van der Waals surface area contributed by atoms with Crippen LogP contribution in [0.3, 0.4) is 0 Å². The Labute approximate surface area is 79.9 Å². The number of hydrogen-bond acceptors (Lipinski definition) is 3. The van der Waals surface area contributed by atoms with Gasteiger partial charge in [-0.15, -0.1) is 0 Å². The molecule has 0 aromatic heterocycles. The zero-order valence-corrected chi connectivity index (χ0v) is 8.91. The minimum Gasteiger partial charge on any atom is -0.315 e. The fraction of sp³-hybridized carbons (Fsp3) is 1.00. The third-order valence-corrected chi connectivity index (χ3v) is 3.36. The van der Waals surface area contributed by atoms with Crippen LogP contribution in [-0.4, -0.2) is 37.2 Å². The van der Waals surface area contributed by atoms with E-state index in [-0.39, 0.29) is 0 Å². The Morgan fingerprint density at radius 3 is 3.00 bits per heavy atom. The summed E-state index contributed by atoms with van der Waals surface area (Å²) in [6.07, 6.45) is 4.77. The second kappa shape index (κ2) is 5.84. The van der Waals surface area contributed by atoms with Crippen molar-refractivity contribution in [1.82, 2.24) is 10.6 Å². The molecule has 12 heavy (non-hydrogen) atoms. The molecular formula is C9H20N2S. The molecule has 1 aliphatic heterocycles. The normalized spacial score (nSPS) is 29.5. The zero-order chi connectivity index (χ0) is 8.81. The third kappa shape index (κ3) is 3.33. The van der Waals surface area contributed by atoms with Crippen molar-refractivity contribution in [2.45, 2.75) is 31.1 Å². The summed E-state index contributed by atoms with van der Waals surface area (Å²) in [5.41, 5.74) is 0. The molecule has 0 spiro atoms. The summed E-state index contributed by atoms with van der Waals surface area (Å²) < 4.78 is 0. The van der Waals surface area contributed by atoms with Crippen molar-refractivity contribution in [1.29, 1.82) is 0 Å². The van der Waals surface area contributed by atoms with Gasteiger partial charge in [0, 0.05) is 24.4 Å². The fourth-order valence-electron chi connectivity index (χ4n) is 1.57. The molecule has 2 atom stereocenters. The summed E-state index contributed by atoms with van der Waals surface area (Å²) in [6.45, 7) is 5.70. The molecule has 1 fully saturated rings. The van der Waals surface area contributed by atoms with Crippen LogP contribution < -0.4 is 10.6 Å². The Morgan fingerprint density at radius 1 is 1.58 bits per heavy atom. The minimum atomic E-state index is 0.717. The Kier molecular flexibility index (Phi) is 5.04. The SMILES string of the molecule is CCCNCC1CC(SC)CN1. The van der Waals surface area contributed by atoms with Gasteiger partial charge in [0.15, 0.2) is 0 Å². The van der Waals surface area contributed by atoms with Crippen molar-refractivity contribution in [3.63, 3.8) is 0 Å². The van der Waals surface area contributed by atoms with Crippen molar-refractivity contribution in [3.05, 3.63) is 0 Å². The highest BCUT2D eigenvalue weighted by Gasteiger charge is 2.22. The van der Waals surface area contributed by atoms with E-state index in [0.717, 1.165) is 18.3 Å². The van der Waals surface area contributed by atoms with Gasteiger partial charge in [-0.3, -0.25) is 0 Å². The molecular weight excluding hydrogens is 168 g/mol. The number of rotatable bonds is 5. The molecule has 0 amide bonds. The molecule has 0 bridgehead atoms. The topological polar surface area (TPSA) is 24.1 Å². The van der Waals surface area contributed by atoms with Crippen LogP contribution in [0.2, 0.25) is 0 Å². The number of nitrogens with one attached hydrogen (secondary N) is 2. The van der Waals surface area contributed by atoms with Gasteiger partial charge in [-0.2, -0.15) is 11.8 Å². The van der Waals surface area contributed by atoms with Crippen molar-refractivity contribution in [3.8, 4) is 0 Å². The van der Waals surface area contributed by atoms with Gasteiger partial charge in [-0.1, -0.05) is 6.92 Å². The molecule has 0 aliphatic carbocycles. The van der Waals surface area contributed by atoms with Crippen LogP contribution in [0.25, 0.3) is 0 Å². The van der Waals surface area contributed by atoms with Gasteiger partial charge in [-0.05, 0) is 25.6 Å². The highest BCUT2D eigenvalue weighted by atomic mass is 32.2. The molecule has 72 valence electrons. The van der Waals surface area contributed by atoms with E-state index in [1.54, 1.807) is 0 Å². The maximum Gasteiger partial charge on any atom is 0.0203 e. The Hall–Kier alpha value is 0.270. The van der Waals surface area contributed by atoms with Crippen LogP contribution in [0.15, 0.2) is 0 Å². The Balaban J connectivity index is 2.03. The van der Waals surface area contributed by atoms with Crippen LogP contribution in [0.4, 0.5) is 0 Å². The van der Waals surface area contributed by atoms with Gasteiger partial charge in [0.05, 0.1) is 0 Å². The van der Waals surface area contributed by atoms with Crippen LogP contribution in [0.1, 0.15) is 19.8 Å². The summed E-state index contributed by atoms with van der Waals surface area (Å²) in [7, 11) is 0. The van der Waals surface area contributed by atoms with Gasteiger partial charge in [0.2, 0.25) is 0 Å². The highest BCUT2D eigenvalue weighted by Crippen LogP contribution is 2.17. The smallest absolute Gasteiger partial charge is 0.0203 e. The maximum absolute atomic E-state index is 3.53. The first-order chi connectivity index (χ1) is 5.86. The summed E-state index contributed by atoms with van der Waals surface area (Å²) in [5.74, 6) is 0. The van der Waals surface area contributed by atoms with Crippen molar-refractivity contribution >= 4 is 11.8 Å². The molecule has 1 aliphatic rings. The van der Waals surface area contributed by atoms with E-state index in [0.29, 0.717) is 6.04 Å².